The molecule has 4 rings (SSSR count). The van der Waals surface area contributed by atoms with Gasteiger partial charge in [-0.3, -0.25) is 9.20 Å². The molecule has 0 saturated carbocycles. The van der Waals surface area contributed by atoms with Crippen LogP contribution in [0.2, 0.25) is 0 Å². The van der Waals surface area contributed by atoms with Crippen LogP contribution in [0.25, 0.3) is 27.5 Å². The van der Waals surface area contributed by atoms with Crippen LogP contribution in [-0.4, -0.2) is 29.4 Å². The molecule has 2 aromatic carbocycles. The van der Waals surface area contributed by atoms with Gasteiger partial charge in [-0.2, -0.15) is 0 Å². The first-order valence-electron chi connectivity index (χ1n) is 8.58. The molecule has 6 heteroatoms. The van der Waals surface area contributed by atoms with Gasteiger partial charge >= 0.3 is 0 Å². The van der Waals surface area contributed by atoms with Crippen LogP contribution in [-0.2, 0) is 0 Å². The van der Waals surface area contributed by atoms with Gasteiger partial charge < -0.3 is 9.47 Å². The van der Waals surface area contributed by atoms with Crippen LogP contribution in [0.4, 0.5) is 0 Å². The second-order valence-electron chi connectivity index (χ2n) is 5.86. The van der Waals surface area contributed by atoms with E-state index in [0.29, 0.717) is 18.0 Å². The summed E-state index contributed by atoms with van der Waals surface area (Å²) in [6.45, 7) is 2.56. The topological polar surface area (TPSA) is 52.8 Å². The molecule has 0 aliphatic carbocycles. The molecule has 27 heavy (non-hydrogen) atoms. The van der Waals surface area contributed by atoms with Gasteiger partial charge in [-0.25, -0.2) is 4.98 Å². The Hall–Kier alpha value is -3.12. The van der Waals surface area contributed by atoms with E-state index in [1.165, 1.54) is 11.3 Å². The van der Waals surface area contributed by atoms with E-state index in [2.05, 4.69) is 0 Å². The summed E-state index contributed by atoms with van der Waals surface area (Å²) >= 11 is 1.50. The van der Waals surface area contributed by atoms with Gasteiger partial charge in [0, 0.05) is 16.5 Å². The van der Waals surface area contributed by atoms with Crippen molar-refractivity contribution in [1.29, 1.82) is 0 Å². The van der Waals surface area contributed by atoms with Crippen LogP contribution < -0.4 is 9.47 Å². The standard InChI is InChI=1S/C21H18N2O3S/c1-3-26-15-10-8-14(9-11-15)20-17(12-24)23-18(13-27-21(23)22-20)16-6-4-5-7-19(16)25-2/h4-13H,3H2,1-2H3. The number of thiazole rings is 1. The molecular weight excluding hydrogens is 360 g/mol. The van der Waals surface area contributed by atoms with Crippen molar-refractivity contribution in [2.75, 3.05) is 13.7 Å². The largest absolute Gasteiger partial charge is 0.496 e. The third-order valence-electron chi connectivity index (χ3n) is 4.33. The third kappa shape index (κ3) is 2.98. The molecule has 0 aliphatic heterocycles. The van der Waals surface area contributed by atoms with Gasteiger partial charge in [0.15, 0.2) is 11.2 Å². The predicted molar refractivity (Wildman–Crippen MR) is 107 cm³/mol. The van der Waals surface area contributed by atoms with Crippen molar-refractivity contribution < 1.29 is 14.3 Å². The number of aromatic nitrogens is 2. The van der Waals surface area contributed by atoms with Gasteiger partial charge in [0.2, 0.25) is 0 Å². The zero-order valence-corrected chi connectivity index (χ0v) is 15.8. The van der Waals surface area contributed by atoms with Gasteiger partial charge in [-0.1, -0.05) is 12.1 Å². The molecule has 0 N–H and O–H groups in total. The number of methoxy groups -OCH3 is 1. The first-order chi connectivity index (χ1) is 13.3. The molecule has 0 spiro atoms. The highest BCUT2D eigenvalue weighted by molar-refractivity contribution is 7.15. The van der Waals surface area contributed by atoms with E-state index in [1.54, 1.807) is 7.11 Å². The minimum atomic E-state index is 0.524. The summed E-state index contributed by atoms with van der Waals surface area (Å²) in [6, 6.07) is 15.4. The SMILES string of the molecule is CCOc1ccc(-c2nc3scc(-c4ccccc4OC)n3c2C=O)cc1. The minimum Gasteiger partial charge on any atom is -0.496 e. The fourth-order valence-corrected chi connectivity index (χ4v) is 4.02. The quantitative estimate of drug-likeness (QED) is 0.446. The number of para-hydroxylation sites is 1. The van der Waals surface area contributed by atoms with Crippen LogP contribution >= 0.6 is 11.3 Å². The molecule has 0 bridgehead atoms. The lowest BCUT2D eigenvalue weighted by molar-refractivity contribution is 0.111. The number of aldehydes is 1. The third-order valence-corrected chi connectivity index (χ3v) is 5.16. The molecule has 136 valence electrons. The molecular formula is C21H18N2O3S. The van der Waals surface area contributed by atoms with E-state index in [1.807, 2.05) is 65.2 Å². The van der Waals surface area contributed by atoms with E-state index >= 15 is 0 Å². The van der Waals surface area contributed by atoms with Crippen molar-refractivity contribution in [1.82, 2.24) is 9.38 Å². The summed E-state index contributed by atoms with van der Waals surface area (Å²) in [5, 5.41) is 2.00. The van der Waals surface area contributed by atoms with Crippen molar-refractivity contribution in [2.24, 2.45) is 0 Å². The average molecular weight is 378 g/mol. The lowest BCUT2D eigenvalue weighted by Gasteiger charge is -2.08. The van der Waals surface area contributed by atoms with Crippen molar-refractivity contribution in [3.8, 4) is 34.0 Å². The highest BCUT2D eigenvalue weighted by atomic mass is 32.1. The Balaban J connectivity index is 1.87. The van der Waals surface area contributed by atoms with E-state index < -0.39 is 0 Å². The maximum absolute atomic E-state index is 12.0. The summed E-state index contributed by atoms with van der Waals surface area (Å²) in [6.07, 6.45) is 0.859. The molecule has 0 radical (unpaired) electrons. The van der Waals surface area contributed by atoms with Gasteiger partial charge in [-0.05, 0) is 43.3 Å². The number of nitrogens with zero attached hydrogens (tertiary/aromatic N) is 2. The number of hydrogen-bond donors (Lipinski definition) is 0. The van der Waals surface area contributed by atoms with E-state index in [9.17, 15) is 4.79 Å². The Morgan fingerprint density at radius 1 is 1.15 bits per heavy atom. The molecule has 0 unspecified atom stereocenters. The Morgan fingerprint density at radius 2 is 1.93 bits per heavy atom. The highest BCUT2D eigenvalue weighted by Crippen LogP contribution is 2.36. The summed E-state index contributed by atoms with van der Waals surface area (Å²) in [4.78, 5) is 17.4. The lowest BCUT2D eigenvalue weighted by atomic mass is 10.1. The van der Waals surface area contributed by atoms with Gasteiger partial charge in [-0.15, -0.1) is 11.3 Å². The normalized spacial score (nSPS) is 10.9. The summed E-state index contributed by atoms with van der Waals surface area (Å²) in [5.41, 5.74) is 3.87. The molecule has 0 aliphatic rings. The number of imidazole rings is 1. The number of rotatable bonds is 6. The fraction of sp³-hybridized carbons (Fsp3) is 0.143. The summed E-state index contributed by atoms with van der Waals surface area (Å²) in [7, 11) is 1.64. The molecule has 0 amide bonds. The smallest absolute Gasteiger partial charge is 0.195 e. The zero-order valence-electron chi connectivity index (χ0n) is 15.0. The molecule has 2 heterocycles. The Kier molecular flexibility index (Phi) is 4.64. The van der Waals surface area contributed by atoms with Crippen LogP contribution in [0.15, 0.2) is 53.9 Å². The average Bonchev–Trinajstić information content (AvgIpc) is 3.28. The minimum absolute atomic E-state index is 0.524. The number of carbonyl (C=O) groups is 1. The Labute approximate surface area is 160 Å². The van der Waals surface area contributed by atoms with Crippen molar-refractivity contribution in [2.45, 2.75) is 6.92 Å². The van der Waals surface area contributed by atoms with Crippen LogP contribution in [0.5, 0.6) is 11.5 Å². The van der Waals surface area contributed by atoms with E-state index in [-0.39, 0.29) is 0 Å². The van der Waals surface area contributed by atoms with Gasteiger partial charge in [0.1, 0.15) is 22.9 Å². The maximum atomic E-state index is 12.0. The van der Waals surface area contributed by atoms with Crippen LogP contribution in [0, 0.1) is 0 Å². The fourth-order valence-electron chi connectivity index (χ4n) is 3.12. The Bertz CT molecular complexity index is 1100. The number of fused-ring (bicyclic) bond motifs is 1. The molecule has 5 nitrogen and oxygen atoms in total. The van der Waals surface area contributed by atoms with Gasteiger partial charge in [0.25, 0.3) is 0 Å². The van der Waals surface area contributed by atoms with Crippen LogP contribution in [0.3, 0.4) is 0 Å². The number of benzene rings is 2. The van der Waals surface area contributed by atoms with E-state index in [0.717, 1.165) is 39.6 Å². The zero-order chi connectivity index (χ0) is 18.8. The highest BCUT2D eigenvalue weighted by Gasteiger charge is 2.20. The molecule has 0 atom stereocenters. The second kappa shape index (κ2) is 7.25. The van der Waals surface area contributed by atoms with Crippen LogP contribution in [0.1, 0.15) is 17.4 Å². The van der Waals surface area contributed by atoms with Crippen molar-refractivity contribution >= 4 is 22.6 Å². The first-order valence-corrected chi connectivity index (χ1v) is 9.46. The molecule has 0 saturated heterocycles. The van der Waals surface area contributed by atoms with Crippen molar-refractivity contribution in [3.63, 3.8) is 0 Å². The lowest BCUT2D eigenvalue weighted by Crippen LogP contribution is -1.96. The maximum Gasteiger partial charge on any atom is 0.195 e. The first kappa shape index (κ1) is 17.3. The van der Waals surface area contributed by atoms with E-state index in [4.69, 9.17) is 14.5 Å². The monoisotopic (exact) mass is 378 g/mol. The number of hydrogen-bond acceptors (Lipinski definition) is 5. The van der Waals surface area contributed by atoms with Gasteiger partial charge in [0.05, 0.1) is 19.4 Å². The second-order valence-corrected chi connectivity index (χ2v) is 6.70. The number of ether oxygens (including phenoxy) is 2. The Morgan fingerprint density at radius 3 is 2.63 bits per heavy atom. The van der Waals surface area contributed by atoms with Crippen molar-refractivity contribution in [3.05, 3.63) is 59.6 Å². The summed E-state index contributed by atoms with van der Waals surface area (Å²) in [5.74, 6) is 1.55. The summed E-state index contributed by atoms with van der Waals surface area (Å²) < 4.78 is 12.9. The molecule has 4 aromatic rings. The predicted octanol–water partition coefficient (Wildman–Crippen LogP) is 4.95. The molecule has 2 aromatic heterocycles. The number of carbonyl (C=O) groups excluding carboxylic acids is 1. The molecule has 0 fully saturated rings.